The first-order valence-corrected chi connectivity index (χ1v) is 10.7. The summed E-state index contributed by atoms with van der Waals surface area (Å²) in [7, 11) is 2.26. The summed E-state index contributed by atoms with van der Waals surface area (Å²) in [5.74, 6) is 0. The lowest BCUT2D eigenvalue weighted by atomic mass is 9.73. The minimum absolute atomic E-state index is 0.339. The molecule has 4 rings (SSSR count). The van der Waals surface area contributed by atoms with Crippen LogP contribution < -0.4 is 5.32 Å². The highest BCUT2D eigenvalue weighted by atomic mass is 15.2. The Bertz CT molecular complexity index is 704. The van der Waals surface area contributed by atoms with E-state index >= 15 is 0 Å². The van der Waals surface area contributed by atoms with Crippen LogP contribution in [0.5, 0.6) is 0 Å². The largest absolute Gasteiger partial charge is 0.384 e. The highest BCUT2D eigenvalue weighted by Gasteiger charge is 2.42. The first kappa shape index (κ1) is 18.8. The van der Waals surface area contributed by atoms with E-state index in [1.807, 2.05) is 6.08 Å². The lowest BCUT2D eigenvalue weighted by Crippen LogP contribution is -2.50. The molecule has 1 aromatic carbocycles. The number of fused-ring (bicyclic) bond motifs is 2. The first-order valence-electron chi connectivity index (χ1n) is 10.7. The second-order valence-corrected chi connectivity index (χ2v) is 8.88. The van der Waals surface area contributed by atoms with Gasteiger partial charge in [-0.3, -0.25) is 0 Å². The van der Waals surface area contributed by atoms with Crippen molar-refractivity contribution in [3.8, 4) is 0 Å². The van der Waals surface area contributed by atoms with Crippen LogP contribution in [0.1, 0.15) is 50.2 Å². The van der Waals surface area contributed by atoms with Gasteiger partial charge in [0.15, 0.2) is 0 Å². The number of benzene rings is 1. The van der Waals surface area contributed by atoms with E-state index in [0.717, 1.165) is 19.0 Å². The summed E-state index contributed by atoms with van der Waals surface area (Å²) in [5, 5.41) is 3.71. The van der Waals surface area contributed by atoms with Crippen LogP contribution >= 0.6 is 0 Å². The number of likely N-dealkylation sites (tertiary alicyclic amines) is 2. The molecule has 2 fully saturated rings. The molecule has 0 bridgehead atoms. The third-order valence-corrected chi connectivity index (χ3v) is 7.21. The fourth-order valence-electron chi connectivity index (χ4n) is 5.24. The van der Waals surface area contributed by atoms with E-state index in [1.54, 1.807) is 5.56 Å². The molecular weight excluding hydrogens is 330 g/mol. The van der Waals surface area contributed by atoms with Gasteiger partial charge >= 0.3 is 0 Å². The molecule has 2 saturated heterocycles. The maximum absolute atomic E-state index is 3.84. The Morgan fingerprint density at radius 2 is 1.96 bits per heavy atom. The molecule has 0 radical (unpaired) electrons. The van der Waals surface area contributed by atoms with Crippen molar-refractivity contribution in [1.29, 1.82) is 0 Å². The minimum atomic E-state index is 0.339. The monoisotopic (exact) mass is 365 g/mol. The molecule has 0 saturated carbocycles. The maximum atomic E-state index is 3.84. The molecule has 1 aromatic rings. The van der Waals surface area contributed by atoms with Crippen molar-refractivity contribution in [3.05, 3.63) is 48.1 Å². The number of hydrogen-bond acceptors (Lipinski definition) is 3. The minimum Gasteiger partial charge on any atom is -0.384 e. The Hall–Kier alpha value is -1.58. The van der Waals surface area contributed by atoms with E-state index in [2.05, 4.69) is 59.9 Å². The van der Waals surface area contributed by atoms with Gasteiger partial charge in [-0.05, 0) is 101 Å². The fourth-order valence-corrected chi connectivity index (χ4v) is 5.24. The molecule has 27 heavy (non-hydrogen) atoms. The molecule has 1 N–H and O–H groups in total. The number of rotatable bonds is 4. The van der Waals surface area contributed by atoms with E-state index < -0.39 is 0 Å². The number of allylic oxidation sites excluding steroid dienone is 3. The van der Waals surface area contributed by atoms with E-state index in [4.69, 9.17) is 0 Å². The average Bonchev–Trinajstić information content (AvgIpc) is 3.05. The Morgan fingerprint density at radius 3 is 2.67 bits per heavy atom. The van der Waals surface area contributed by atoms with E-state index in [9.17, 15) is 0 Å². The topological polar surface area (TPSA) is 18.5 Å². The second-order valence-electron chi connectivity index (χ2n) is 8.88. The summed E-state index contributed by atoms with van der Waals surface area (Å²) in [6, 6.07) is 7.85. The SMILES string of the molecule is C=CC/C=C(\C)c1ccc2c(c1)C1(CCN(C3CCN(C)CC3)CC1)CN2. The zero-order valence-corrected chi connectivity index (χ0v) is 17.1. The molecule has 3 aliphatic heterocycles. The van der Waals surface area contributed by atoms with Gasteiger partial charge in [-0.1, -0.05) is 18.2 Å². The van der Waals surface area contributed by atoms with Gasteiger partial charge in [0.25, 0.3) is 0 Å². The van der Waals surface area contributed by atoms with Gasteiger partial charge in [0.1, 0.15) is 0 Å². The molecule has 0 unspecified atom stereocenters. The maximum Gasteiger partial charge on any atom is 0.0379 e. The predicted octanol–water partition coefficient (Wildman–Crippen LogP) is 4.52. The van der Waals surface area contributed by atoms with Crippen molar-refractivity contribution >= 4 is 11.3 Å². The smallest absolute Gasteiger partial charge is 0.0379 e. The zero-order valence-electron chi connectivity index (χ0n) is 17.1. The van der Waals surface area contributed by atoms with E-state index in [0.29, 0.717) is 5.41 Å². The Kier molecular flexibility index (Phi) is 5.43. The molecule has 3 heterocycles. The van der Waals surface area contributed by atoms with Crippen molar-refractivity contribution in [3.63, 3.8) is 0 Å². The third kappa shape index (κ3) is 3.72. The van der Waals surface area contributed by atoms with Gasteiger partial charge in [0.2, 0.25) is 0 Å². The summed E-state index contributed by atoms with van der Waals surface area (Å²) in [6.45, 7) is 12.2. The van der Waals surface area contributed by atoms with Gasteiger partial charge in [0.05, 0.1) is 0 Å². The van der Waals surface area contributed by atoms with Crippen molar-refractivity contribution in [2.24, 2.45) is 0 Å². The quantitative estimate of drug-likeness (QED) is 0.792. The Balaban J connectivity index is 1.48. The molecule has 0 aliphatic carbocycles. The van der Waals surface area contributed by atoms with Crippen molar-refractivity contribution in [1.82, 2.24) is 9.80 Å². The molecule has 1 spiro atoms. The normalized spacial score (nSPS) is 24.0. The van der Waals surface area contributed by atoms with E-state index in [-0.39, 0.29) is 0 Å². The van der Waals surface area contributed by atoms with Crippen LogP contribution in [0.2, 0.25) is 0 Å². The van der Waals surface area contributed by atoms with Crippen LogP contribution in [0.3, 0.4) is 0 Å². The van der Waals surface area contributed by atoms with Gasteiger partial charge in [-0.15, -0.1) is 6.58 Å². The summed E-state index contributed by atoms with van der Waals surface area (Å²) < 4.78 is 0. The summed E-state index contributed by atoms with van der Waals surface area (Å²) in [6.07, 6.45) is 10.5. The van der Waals surface area contributed by atoms with Crippen LogP contribution in [-0.2, 0) is 5.41 Å². The van der Waals surface area contributed by atoms with Crippen LogP contribution in [-0.4, -0.2) is 55.6 Å². The lowest BCUT2D eigenvalue weighted by molar-refractivity contribution is 0.0791. The number of piperidine rings is 2. The molecule has 0 aromatic heterocycles. The van der Waals surface area contributed by atoms with Crippen LogP contribution in [0.4, 0.5) is 5.69 Å². The molecule has 3 heteroatoms. The summed E-state index contributed by atoms with van der Waals surface area (Å²) in [4.78, 5) is 5.26. The Labute approximate surface area is 165 Å². The standard InChI is InChI=1S/C24H35N3/c1-4-5-6-19(2)20-7-8-23-22(17-20)24(18-25-23)11-15-27(16-12-24)21-9-13-26(3)14-10-21/h4,6-8,17,21,25H,1,5,9-16,18H2,2-3H3/b19-6+. The lowest BCUT2D eigenvalue weighted by Gasteiger charge is -2.44. The second kappa shape index (κ2) is 7.81. The van der Waals surface area contributed by atoms with Gasteiger partial charge in [0, 0.05) is 23.7 Å². The molecule has 3 aliphatic rings. The van der Waals surface area contributed by atoms with Crippen LogP contribution in [0, 0.1) is 0 Å². The zero-order chi connectivity index (χ0) is 18.9. The highest BCUT2D eigenvalue weighted by molar-refractivity contribution is 5.71. The average molecular weight is 366 g/mol. The van der Waals surface area contributed by atoms with E-state index in [1.165, 1.54) is 68.7 Å². The summed E-state index contributed by atoms with van der Waals surface area (Å²) in [5.41, 5.74) is 6.00. The van der Waals surface area contributed by atoms with Crippen molar-refractivity contribution in [2.75, 3.05) is 45.1 Å². The third-order valence-electron chi connectivity index (χ3n) is 7.21. The number of nitrogens with zero attached hydrogens (tertiary/aromatic N) is 2. The number of anilines is 1. The first-order chi connectivity index (χ1) is 13.1. The van der Waals surface area contributed by atoms with Gasteiger partial charge in [-0.2, -0.15) is 0 Å². The van der Waals surface area contributed by atoms with Gasteiger partial charge < -0.3 is 15.1 Å². The molecule has 0 atom stereocenters. The number of hydrogen-bond donors (Lipinski definition) is 1. The van der Waals surface area contributed by atoms with Crippen molar-refractivity contribution < 1.29 is 0 Å². The van der Waals surface area contributed by atoms with Gasteiger partial charge in [-0.25, -0.2) is 0 Å². The molecule has 146 valence electrons. The van der Waals surface area contributed by atoms with Crippen LogP contribution in [0.25, 0.3) is 5.57 Å². The highest BCUT2D eigenvalue weighted by Crippen LogP contribution is 2.45. The number of nitrogens with one attached hydrogen (secondary N) is 1. The molecule has 3 nitrogen and oxygen atoms in total. The van der Waals surface area contributed by atoms with Crippen molar-refractivity contribution in [2.45, 2.75) is 50.5 Å². The Morgan fingerprint density at radius 1 is 1.22 bits per heavy atom. The predicted molar refractivity (Wildman–Crippen MR) is 116 cm³/mol. The molecular formula is C24H35N3. The summed E-state index contributed by atoms with van der Waals surface area (Å²) >= 11 is 0. The molecule has 0 amide bonds. The fraction of sp³-hybridized carbons (Fsp3) is 0.583. The van der Waals surface area contributed by atoms with Crippen LogP contribution in [0.15, 0.2) is 36.9 Å².